The van der Waals surface area contributed by atoms with Gasteiger partial charge in [0.05, 0.1) is 12.7 Å². The average molecular weight is 220 g/mol. The second-order valence-corrected chi connectivity index (χ2v) is 4.91. The zero-order chi connectivity index (χ0) is 11.5. The Balaban J connectivity index is 2.05. The molecule has 2 heteroatoms. The summed E-state index contributed by atoms with van der Waals surface area (Å²) in [5.74, 6) is 1.64. The molecule has 0 spiro atoms. The Kier molecular flexibility index (Phi) is 3.49. The minimum absolute atomic E-state index is 0.288. The lowest BCUT2D eigenvalue weighted by Gasteiger charge is -2.12. The fourth-order valence-electron chi connectivity index (χ4n) is 2.14. The number of rotatable bonds is 4. The number of hydrogen-bond donors (Lipinski definition) is 1. The Morgan fingerprint density at radius 2 is 2.25 bits per heavy atom. The minimum Gasteiger partial charge on any atom is -0.493 e. The second-order valence-electron chi connectivity index (χ2n) is 4.91. The van der Waals surface area contributed by atoms with Gasteiger partial charge in [-0.05, 0) is 36.8 Å². The third-order valence-corrected chi connectivity index (χ3v) is 3.15. The quantitative estimate of drug-likeness (QED) is 0.845. The highest BCUT2D eigenvalue weighted by molar-refractivity contribution is 5.44. The van der Waals surface area contributed by atoms with Crippen molar-refractivity contribution >= 4 is 0 Å². The fourth-order valence-corrected chi connectivity index (χ4v) is 2.14. The molecule has 0 fully saturated rings. The first kappa shape index (κ1) is 11.5. The fraction of sp³-hybridized carbons (Fsp3) is 0.571. The number of benzene rings is 1. The molecule has 1 atom stereocenters. The largest absolute Gasteiger partial charge is 0.493 e. The van der Waals surface area contributed by atoms with Gasteiger partial charge in [-0.25, -0.2) is 0 Å². The molecule has 0 aliphatic heterocycles. The molecule has 1 aromatic rings. The molecule has 0 saturated heterocycles. The van der Waals surface area contributed by atoms with Crippen molar-refractivity contribution < 1.29 is 9.84 Å². The van der Waals surface area contributed by atoms with Crippen molar-refractivity contribution in [3.63, 3.8) is 0 Å². The lowest BCUT2D eigenvalue weighted by atomic mass is 10.1. The summed E-state index contributed by atoms with van der Waals surface area (Å²) in [6.45, 7) is 5.16. The molecule has 0 bridgehead atoms. The number of aliphatic hydroxyl groups is 1. The third kappa shape index (κ3) is 2.38. The van der Waals surface area contributed by atoms with E-state index in [2.05, 4.69) is 13.8 Å². The summed E-state index contributed by atoms with van der Waals surface area (Å²) < 4.78 is 5.80. The van der Waals surface area contributed by atoms with Crippen molar-refractivity contribution in [1.29, 1.82) is 0 Å². The van der Waals surface area contributed by atoms with E-state index in [0.717, 1.165) is 37.2 Å². The predicted octanol–water partition coefficient (Wildman–Crippen LogP) is 3.09. The Labute approximate surface area is 97.3 Å². The van der Waals surface area contributed by atoms with Crippen molar-refractivity contribution in [2.75, 3.05) is 6.61 Å². The Morgan fingerprint density at radius 1 is 1.44 bits per heavy atom. The van der Waals surface area contributed by atoms with Crippen LogP contribution in [0.1, 0.15) is 43.9 Å². The van der Waals surface area contributed by atoms with Gasteiger partial charge in [0.1, 0.15) is 5.75 Å². The topological polar surface area (TPSA) is 29.5 Å². The van der Waals surface area contributed by atoms with E-state index in [4.69, 9.17) is 4.74 Å². The molecule has 1 N–H and O–H groups in total. The molecule has 1 aliphatic carbocycles. The van der Waals surface area contributed by atoms with E-state index in [-0.39, 0.29) is 6.10 Å². The van der Waals surface area contributed by atoms with Gasteiger partial charge in [-0.15, -0.1) is 0 Å². The number of ether oxygens (including phenoxy) is 1. The highest BCUT2D eigenvalue weighted by Crippen LogP contribution is 2.36. The van der Waals surface area contributed by atoms with Crippen molar-refractivity contribution in [2.24, 2.45) is 5.92 Å². The maximum absolute atomic E-state index is 9.76. The first-order valence-electron chi connectivity index (χ1n) is 6.11. The third-order valence-electron chi connectivity index (χ3n) is 3.15. The van der Waals surface area contributed by atoms with Gasteiger partial charge >= 0.3 is 0 Å². The van der Waals surface area contributed by atoms with Crippen molar-refractivity contribution in [3.05, 3.63) is 29.3 Å². The molecule has 2 rings (SSSR count). The van der Waals surface area contributed by atoms with Crippen LogP contribution in [0.3, 0.4) is 0 Å². The summed E-state index contributed by atoms with van der Waals surface area (Å²) in [6, 6.07) is 5.98. The van der Waals surface area contributed by atoms with Gasteiger partial charge in [-0.2, -0.15) is 0 Å². The smallest absolute Gasteiger partial charge is 0.122 e. The molecule has 1 unspecified atom stereocenters. The first-order valence-corrected chi connectivity index (χ1v) is 6.11. The van der Waals surface area contributed by atoms with E-state index in [1.54, 1.807) is 0 Å². The van der Waals surface area contributed by atoms with E-state index in [9.17, 15) is 5.11 Å². The van der Waals surface area contributed by atoms with Gasteiger partial charge in [0.25, 0.3) is 0 Å². The van der Waals surface area contributed by atoms with Crippen LogP contribution < -0.4 is 4.74 Å². The zero-order valence-corrected chi connectivity index (χ0v) is 10.1. The lowest BCUT2D eigenvalue weighted by molar-refractivity contribution is 0.180. The first-order chi connectivity index (χ1) is 7.68. The normalized spacial score (nSPS) is 18.9. The summed E-state index contributed by atoms with van der Waals surface area (Å²) in [5, 5.41) is 9.76. The summed E-state index contributed by atoms with van der Waals surface area (Å²) in [7, 11) is 0. The molecule has 1 aliphatic rings. The van der Waals surface area contributed by atoms with Crippen LogP contribution in [-0.4, -0.2) is 11.7 Å². The Morgan fingerprint density at radius 3 is 3.00 bits per heavy atom. The molecular formula is C14H20O2. The molecule has 0 aromatic heterocycles. The van der Waals surface area contributed by atoms with Gasteiger partial charge in [0, 0.05) is 5.56 Å². The predicted molar refractivity (Wildman–Crippen MR) is 64.7 cm³/mol. The monoisotopic (exact) mass is 220 g/mol. The van der Waals surface area contributed by atoms with Crippen LogP contribution in [0.15, 0.2) is 18.2 Å². The molecule has 0 saturated carbocycles. The van der Waals surface area contributed by atoms with Gasteiger partial charge in [0.2, 0.25) is 0 Å². The van der Waals surface area contributed by atoms with Gasteiger partial charge < -0.3 is 9.84 Å². The molecule has 16 heavy (non-hydrogen) atoms. The van der Waals surface area contributed by atoms with Crippen LogP contribution in [0.4, 0.5) is 0 Å². The Hall–Kier alpha value is -1.02. The number of aliphatic hydroxyl groups excluding tert-OH is 1. The lowest BCUT2D eigenvalue weighted by Crippen LogP contribution is -2.03. The molecule has 0 amide bonds. The van der Waals surface area contributed by atoms with Gasteiger partial charge in [0.15, 0.2) is 0 Å². The van der Waals surface area contributed by atoms with Crippen LogP contribution in [0, 0.1) is 5.92 Å². The summed E-state index contributed by atoms with van der Waals surface area (Å²) in [4.78, 5) is 0. The number of fused-ring (bicyclic) bond motifs is 1. The van der Waals surface area contributed by atoms with E-state index in [1.807, 2.05) is 18.2 Å². The summed E-state index contributed by atoms with van der Waals surface area (Å²) in [6.07, 6.45) is 2.56. The van der Waals surface area contributed by atoms with Crippen LogP contribution in [-0.2, 0) is 6.42 Å². The van der Waals surface area contributed by atoms with Crippen LogP contribution in [0.5, 0.6) is 5.75 Å². The van der Waals surface area contributed by atoms with E-state index in [1.165, 1.54) is 5.56 Å². The van der Waals surface area contributed by atoms with E-state index in [0.29, 0.717) is 5.92 Å². The summed E-state index contributed by atoms with van der Waals surface area (Å²) in [5.41, 5.74) is 2.26. The SMILES string of the molecule is CC(C)CCOc1cccc2c1CCC2O. The second kappa shape index (κ2) is 4.88. The van der Waals surface area contributed by atoms with E-state index >= 15 is 0 Å². The molecular weight excluding hydrogens is 200 g/mol. The van der Waals surface area contributed by atoms with Crippen LogP contribution >= 0.6 is 0 Å². The maximum atomic E-state index is 9.76. The average Bonchev–Trinajstić information content (AvgIpc) is 2.61. The van der Waals surface area contributed by atoms with Crippen LogP contribution in [0.2, 0.25) is 0 Å². The molecule has 0 heterocycles. The Bertz CT molecular complexity index is 358. The summed E-state index contributed by atoms with van der Waals surface area (Å²) >= 11 is 0. The van der Waals surface area contributed by atoms with Gasteiger partial charge in [-0.1, -0.05) is 26.0 Å². The van der Waals surface area contributed by atoms with E-state index < -0.39 is 0 Å². The minimum atomic E-state index is -0.288. The molecule has 0 radical (unpaired) electrons. The molecule has 1 aromatic carbocycles. The van der Waals surface area contributed by atoms with Gasteiger partial charge in [-0.3, -0.25) is 0 Å². The van der Waals surface area contributed by atoms with Crippen molar-refractivity contribution in [1.82, 2.24) is 0 Å². The van der Waals surface area contributed by atoms with Crippen molar-refractivity contribution in [2.45, 2.75) is 39.2 Å². The van der Waals surface area contributed by atoms with Crippen molar-refractivity contribution in [3.8, 4) is 5.75 Å². The zero-order valence-electron chi connectivity index (χ0n) is 10.1. The number of hydrogen-bond acceptors (Lipinski definition) is 2. The molecule has 88 valence electrons. The highest BCUT2D eigenvalue weighted by atomic mass is 16.5. The maximum Gasteiger partial charge on any atom is 0.122 e. The highest BCUT2D eigenvalue weighted by Gasteiger charge is 2.22. The molecule has 2 nitrogen and oxygen atoms in total. The standard InChI is InChI=1S/C14H20O2/c1-10(2)8-9-16-14-5-3-4-11-12(14)6-7-13(11)15/h3-5,10,13,15H,6-9H2,1-2H3. The van der Waals surface area contributed by atoms with Crippen LogP contribution in [0.25, 0.3) is 0 Å².